The molecule has 2 aromatic carbocycles. The molecule has 33 heavy (non-hydrogen) atoms. The highest BCUT2D eigenvalue weighted by atomic mass is 32.1. The van der Waals surface area contributed by atoms with Crippen LogP contribution in [0.15, 0.2) is 60.1 Å². The largest absolute Gasteiger partial charge is 0.360 e. The van der Waals surface area contributed by atoms with Crippen LogP contribution < -0.4 is 10.6 Å². The number of thiazole rings is 1. The summed E-state index contributed by atoms with van der Waals surface area (Å²) in [4.78, 5) is 33.7. The highest BCUT2D eigenvalue weighted by molar-refractivity contribution is 7.22. The van der Waals surface area contributed by atoms with E-state index in [1.165, 1.54) is 11.3 Å². The molecule has 3 N–H and O–H groups in total. The Bertz CT molecular complexity index is 1500. The third-order valence-corrected chi connectivity index (χ3v) is 7.64. The number of anilines is 1. The Kier molecular flexibility index (Phi) is 4.96. The first-order chi connectivity index (χ1) is 16.1. The van der Waals surface area contributed by atoms with E-state index >= 15 is 0 Å². The van der Waals surface area contributed by atoms with Crippen molar-refractivity contribution in [2.75, 3.05) is 5.32 Å². The summed E-state index contributed by atoms with van der Waals surface area (Å²) in [5.41, 5.74) is 4.48. The van der Waals surface area contributed by atoms with Gasteiger partial charge in [-0.05, 0) is 59.7 Å². The van der Waals surface area contributed by atoms with Crippen molar-refractivity contribution in [1.82, 2.24) is 15.3 Å². The van der Waals surface area contributed by atoms with Crippen LogP contribution in [0.2, 0.25) is 0 Å². The lowest BCUT2D eigenvalue weighted by atomic mass is 10.0. The number of aromatic amines is 1. The van der Waals surface area contributed by atoms with Gasteiger partial charge in [0, 0.05) is 27.9 Å². The summed E-state index contributed by atoms with van der Waals surface area (Å²) in [6, 6.07) is 16.2. The maximum Gasteiger partial charge on any atom is 0.253 e. The molecule has 5 aromatic rings. The second-order valence-electron chi connectivity index (χ2n) is 8.19. The third kappa shape index (κ3) is 4.03. The molecule has 6 rings (SSSR count). The SMILES string of the molecule is O=C(NCc1cccs1)c1c[nH]c2ccc(-c3ccc4nc(NC(=O)C5CC5)sc4c3)cc12. The van der Waals surface area contributed by atoms with E-state index in [1.807, 2.05) is 47.8 Å². The van der Waals surface area contributed by atoms with E-state index in [2.05, 4.69) is 26.7 Å². The summed E-state index contributed by atoms with van der Waals surface area (Å²) in [6.45, 7) is 0.518. The number of aromatic nitrogens is 2. The van der Waals surface area contributed by atoms with Crippen molar-refractivity contribution >= 4 is 60.7 Å². The van der Waals surface area contributed by atoms with Crippen LogP contribution in [0.4, 0.5) is 5.13 Å². The van der Waals surface area contributed by atoms with Crippen molar-refractivity contribution < 1.29 is 9.59 Å². The average Bonchev–Trinajstić information content (AvgIpc) is 3.21. The fraction of sp³-hybridized carbons (Fsp3) is 0.160. The Morgan fingerprint density at radius 3 is 2.76 bits per heavy atom. The Morgan fingerprint density at radius 1 is 1.09 bits per heavy atom. The first kappa shape index (κ1) is 20.1. The van der Waals surface area contributed by atoms with E-state index in [1.54, 1.807) is 17.5 Å². The van der Waals surface area contributed by atoms with Gasteiger partial charge in [0.05, 0.1) is 22.3 Å². The predicted octanol–water partition coefficient (Wildman–Crippen LogP) is 5.78. The van der Waals surface area contributed by atoms with Crippen molar-refractivity contribution in [1.29, 1.82) is 0 Å². The summed E-state index contributed by atoms with van der Waals surface area (Å²) in [7, 11) is 0. The minimum absolute atomic E-state index is 0.0667. The van der Waals surface area contributed by atoms with Crippen molar-refractivity contribution in [3.63, 3.8) is 0 Å². The average molecular weight is 473 g/mol. The van der Waals surface area contributed by atoms with E-state index in [-0.39, 0.29) is 17.7 Å². The van der Waals surface area contributed by atoms with Crippen LogP contribution in [-0.4, -0.2) is 21.8 Å². The zero-order valence-corrected chi connectivity index (χ0v) is 19.2. The van der Waals surface area contributed by atoms with Crippen LogP contribution in [0.1, 0.15) is 28.1 Å². The predicted molar refractivity (Wildman–Crippen MR) is 134 cm³/mol. The number of nitrogens with one attached hydrogen (secondary N) is 3. The molecule has 0 unspecified atom stereocenters. The van der Waals surface area contributed by atoms with Gasteiger partial charge in [0.2, 0.25) is 5.91 Å². The molecule has 3 heterocycles. The number of carbonyl (C=O) groups excluding carboxylic acids is 2. The molecule has 0 atom stereocenters. The molecular weight excluding hydrogens is 452 g/mol. The molecule has 0 aliphatic heterocycles. The second kappa shape index (κ2) is 8.13. The lowest BCUT2D eigenvalue weighted by molar-refractivity contribution is -0.117. The molecule has 0 spiro atoms. The van der Waals surface area contributed by atoms with Gasteiger partial charge in [-0.2, -0.15) is 0 Å². The van der Waals surface area contributed by atoms with Crippen molar-refractivity contribution in [3.05, 3.63) is 70.5 Å². The molecular formula is C25H20N4O2S2. The molecule has 164 valence electrons. The van der Waals surface area contributed by atoms with Crippen LogP contribution in [0.25, 0.3) is 32.2 Å². The lowest BCUT2D eigenvalue weighted by Crippen LogP contribution is -2.21. The second-order valence-corrected chi connectivity index (χ2v) is 10.3. The third-order valence-electron chi connectivity index (χ3n) is 5.83. The van der Waals surface area contributed by atoms with Gasteiger partial charge in [-0.15, -0.1) is 11.3 Å². The number of hydrogen-bond acceptors (Lipinski definition) is 5. The highest BCUT2D eigenvalue weighted by Crippen LogP contribution is 2.34. The monoisotopic (exact) mass is 472 g/mol. The number of H-pyrrole nitrogens is 1. The van der Waals surface area contributed by atoms with Gasteiger partial charge in [0.25, 0.3) is 5.91 Å². The minimum atomic E-state index is -0.0965. The minimum Gasteiger partial charge on any atom is -0.360 e. The van der Waals surface area contributed by atoms with Gasteiger partial charge in [-0.25, -0.2) is 4.98 Å². The summed E-state index contributed by atoms with van der Waals surface area (Å²) in [5.74, 6) is 0.121. The number of fused-ring (bicyclic) bond motifs is 2. The van der Waals surface area contributed by atoms with Crippen LogP contribution in [-0.2, 0) is 11.3 Å². The van der Waals surface area contributed by atoms with E-state index < -0.39 is 0 Å². The summed E-state index contributed by atoms with van der Waals surface area (Å²) in [6.07, 6.45) is 3.70. The molecule has 2 amide bonds. The fourth-order valence-corrected chi connectivity index (χ4v) is 5.43. The number of benzene rings is 2. The van der Waals surface area contributed by atoms with Gasteiger partial charge >= 0.3 is 0 Å². The standard InChI is InChI=1S/C25H20N4O2S2/c30-23(14-3-4-14)29-25-28-21-8-6-16(11-22(21)33-25)15-5-7-20-18(10-15)19(13-26-20)24(31)27-12-17-2-1-9-32-17/h1-2,5-11,13-14,26H,3-4,12H2,(H,27,31)(H,28,29,30). The van der Waals surface area contributed by atoms with Crippen molar-refractivity contribution in [2.45, 2.75) is 19.4 Å². The van der Waals surface area contributed by atoms with E-state index in [0.29, 0.717) is 17.2 Å². The molecule has 8 heteroatoms. The smallest absolute Gasteiger partial charge is 0.253 e. The normalized spacial score (nSPS) is 13.5. The van der Waals surface area contributed by atoms with Gasteiger partial charge in [0.15, 0.2) is 5.13 Å². The molecule has 6 nitrogen and oxygen atoms in total. The maximum absolute atomic E-state index is 12.8. The molecule has 1 aliphatic rings. The van der Waals surface area contributed by atoms with Gasteiger partial charge in [-0.3, -0.25) is 9.59 Å². The Hall–Kier alpha value is -3.49. The summed E-state index contributed by atoms with van der Waals surface area (Å²) >= 11 is 3.11. The van der Waals surface area contributed by atoms with Gasteiger partial charge in [-0.1, -0.05) is 29.5 Å². The molecule has 0 radical (unpaired) electrons. The van der Waals surface area contributed by atoms with E-state index in [4.69, 9.17) is 0 Å². The molecule has 1 aliphatic carbocycles. The molecule has 1 saturated carbocycles. The number of rotatable bonds is 6. The molecule has 1 fully saturated rings. The Labute approximate surface area is 197 Å². The first-order valence-electron chi connectivity index (χ1n) is 10.8. The molecule has 0 saturated heterocycles. The summed E-state index contributed by atoms with van der Waals surface area (Å²) < 4.78 is 1.02. The van der Waals surface area contributed by atoms with Crippen LogP contribution in [0.3, 0.4) is 0 Å². The van der Waals surface area contributed by atoms with Crippen molar-refractivity contribution in [2.24, 2.45) is 5.92 Å². The zero-order chi connectivity index (χ0) is 22.4. The van der Waals surface area contributed by atoms with Gasteiger partial charge in [0.1, 0.15) is 0 Å². The van der Waals surface area contributed by atoms with E-state index in [9.17, 15) is 9.59 Å². The molecule has 3 aromatic heterocycles. The summed E-state index contributed by atoms with van der Waals surface area (Å²) in [5, 5.41) is 9.47. The van der Waals surface area contributed by atoms with Gasteiger partial charge < -0.3 is 15.6 Å². The maximum atomic E-state index is 12.8. The quantitative estimate of drug-likeness (QED) is 0.293. The number of thiophene rings is 1. The lowest BCUT2D eigenvalue weighted by Gasteiger charge is -2.05. The fourth-order valence-electron chi connectivity index (χ4n) is 3.87. The first-order valence-corrected chi connectivity index (χ1v) is 12.5. The Morgan fingerprint density at radius 2 is 1.94 bits per heavy atom. The number of nitrogens with zero attached hydrogens (tertiary/aromatic N) is 1. The van der Waals surface area contributed by atoms with Crippen LogP contribution >= 0.6 is 22.7 Å². The van der Waals surface area contributed by atoms with Crippen molar-refractivity contribution in [3.8, 4) is 11.1 Å². The van der Waals surface area contributed by atoms with E-state index in [0.717, 1.165) is 50.0 Å². The van der Waals surface area contributed by atoms with Crippen LogP contribution in [0.5, 0.6) is 0 Å². The topological polar surface area (TPSA) is 86.9 Å². The zero-order valence-electron chi connectivity index (χ0n) is 17.6. The number of carbonyl (C=O) groups is 2. The molecule has 0 bridgehead atoms. The highest BCUT2D eigenvalue weighted by Gasteiger charge is 2.30. The van der Waals surface area contributed by atoms with Crippen LogP contribution in [0, 0.1) is 5.92 Å². The number of amides is 2. The Balaban J connectivity index is 1.27. The number of hydrogen-bond donors (Lipinski definition) is 3.